The van der Waals surface area contributed by atoms with Gasteiger partial charge in [-0.15, -0.1) is 0 Å². The molecule has 0 atom stereocenters. The van der Waals surface area contributed by atoms with Crippen LogP contribution in [0.15, 0.2) is 30.3 Å². The molecule has 0 aliphatic rings. The Kier molecular flexibility index (Phi) is 11.1. The van der Waals surface area contributed by atoms with Crippen LogP contribution in [-0.2, 0) is 14.3 Å². The van der Waals surface area contributed by atoms with Gasteiger partial charge in [-0.05, 0) is 62.8 Å². The molecule has 0 fully saturated rings. The lowest BCUT2D eigenvalue weighted by Gasteiger charge is -2.28. The highest BCUT2D eigenvalue weighted by molar-refractivity contribution is 5.91. The molecule has 0 unspecified atom stereocenters. The summed E-state index contributed by atoms with van der Waals surface area (Å²) in [6.45, 7) is 15.4. The quantitative estimate of drug-likeness (QED) is 0.382. The van der Waals surface area contributed by atoms with E-state index >= 15 is 0 Å². The molecule has 6 nitrogen and oxygen atoms in total. The first-order chi connectivity index (χ1) is 14.9. The first-order valence-corrected chi connectivity index (χ1v) is 11.6. The van der Waals surface area contributed by atoms with Gasteiger partial charge in [0.15, 0.2) is 0 Å². The second-order valence-corrected chi connectivity index (χ2v) is 9.83. The molecule has 1 aromatic carbocycles. The summed E-state index contributed by atoms with van der Waals surface area (Å²) < 4.78 is 5.76. The molecule has 32 heavy (non-hydrogen) atoms. The summed E-state index contributed by atoms with van der Waals surface area (Å²) in [6.07, 6.45) is 3.66. The van der Waals surface area contributed by atoms with Crippen LogP contribution in [-0.4, -0.2) is 37.1 Å². The molecule has 0 radical (unpaired) electrons. The Balaban J connectivity index is 2.38. The maximum Gasteiger partial charge on any atom is 0.225 e. The van der Waals surface area contributed by atoms with Crippen LogP contribution < -0.4 is 16.4 Å². The van der Waals surface area contributed by atoms with Crippen LogP contribution in [0.3, 0.4) is 0 Å². The molecular weight excluding hydrogens is 402 g/mol. The summed E-state index contributed by atoms with van der Waals surface area (Å²) in [6, 6.07) is 7.92. The summed E-state index contributed by atoms with van der Waals surface area (Å²) in [5, 5.41) is 5.86. The predicted molar refractivity (Wildman–Crippen MR) is 133 cm³/mol. The molecule has 0 aliphatic carbocycles. The van der Waals surface area contributed by atoms with Gasteiger partial charge in [0, 0.05) is 37.2 Å². The summed E-state index contributed by atoms with van der Waals surface area (Å²) >= 11 is 0. The zero-order valence-corrected chi connectivity index (χ0v) is 21.0. The fourth-order valence-corrected chi connectivity index (χ4v) is 3.25. The van der Waals surface area contributed by atoms with Crippen LogP contribution in [0.1, 0.15) is 73.3 Å². The minimum absolute atomic E-state index is 0.0346. The van der Waals surface area contributed by atoms with Crippen molar-refractivity contribution in [2.24, 2.45) is 17.1 Å². The zero-order chi connectivity index (χ0) is 24.4. The number of allylic oxidation sites excluding steroid dienone is 2. The van der Waals surface area contributed by atoms with Gasteiger partial charge in [-0.2, -0.15) is 0 Å². The van der Waals surface area contributed by atoms with Gasteiger partial charge in [0.2, 0.25) is 11.8 Å². The van der Waals surface area contributed by atoms with Crippen molar-refractivity contribution in [2.45, 2.75) is 73.3 Å². The molecule has 180 valence electrons. The largest absolute Gasteiger partial charge is 0.374 e. The van der Waals surface area contributed by atoms with Gasteiger partial charge >= 0.3 is 0 Å². The Labute approximate surface area is 194 Å². The molecule has 6 heteroatoms. The van der Waals surface area contributed by atoms with Crippen LogP contribution in [0.4, 0.5) is 5.69 Å². The molecule has 0 aromatic heterocycles. The minimum Gasteiger partial charge on any atom is -0.374 e. The van der Waals surface area contributed by atoms with Gasteiger partial charge in [0.1, 0.15) is 0 Å². The molecule has 0 saturated heterocycles. The van der Waals surface area contributed by atoms with Crippen molar-refractivity contribution in [2.75, 3.05) is 25.0 Å². The zero-order valence-electron chi connectivity index (χ0n) is 21.0. The summed E-state index contributed by atoms with van der Waals surface area (Å²) in [7, 11) is 0. The number of amides is 2. The Morgan fingerprint density at radius 1 is 1.12 bits per heavy atom. The molecule has 0 spiro atoms. The fourth-order valence-electron chi connectivity index (χ4n) is 3.25. The Morgan fingerprint density at radius 2 is 1.75 bits per heavy atom. The number of hydrogen-bond donors (Lipinski definition) is 3. The lowest BCUT2D eigenvalue weighted by atomic mass is 9.88. The maximum atomic E-state index is 12.5. The molecule has 0 heterocycles. The van der Waals surface area contributed by atoms with Crippen molar-refractivity contribution >= 4 is 23.1 Å². The van der Waals surface area contributed by atoms with Crippen molar-refractivity contribution in [3.05, 3.63) is 35.9 Å². The van der Waals surface area contributed by atoms with E-state index in [1.807, 2.05) is 58.9 Å². The van der Waals surface area contributed by atoms with Crippen molar-refractivity contribution in [3.8, 4) is 0 Å². The van der Waals surface area contributed by atoms with E-state index in [4.69, 9.17) is 10.5 Å². The number of nitrogens with two attached hydrogens (primary N) is 1. The Hall–Kier alpha value is -2.18. The van der Waals surface area contributed by atoms with Crippen LogP contribution in [0.5, 0.6) is 0 Å². The smallest absolute Gasteiger partial charge is 0.225 e. The lowest BCUT2D eigenvalue weighted by Crippen LogP contribution is -2.40. The van der Waals surface area contributed by atoms with Gasteiger partial charge in [0.05, 0.1) is 5.60 Å². The third kappa shape index (κ3) is 9.53. The molecule has 1 aromatic rings. The highest BCUT2D eigenvalue weighted by Crippen LogP contribution is 2.24. The number of rotatable bonds is 13. The van der Waals surface area contributed by atoms with Gasteiger partial charge in [-0.3, -0.25) is 9.59 Å². The maximum absolute atomic E-state index is 12.5. The molecule has 0 saturated carbocycles. The average molecular weight is 446 g/mol. The monoisotopic (exact) mass is 445 g/mol. The summed E-state index contributed by atoms with van der Waals surface area (Å²) in [5.41, 5.74) is 7.97. The third-order valence-corrected chi connectivity index (χ3v) is 5.63. The van der Waals surface area contributed by atoms with Gasteiger partial charge < -0.3 is 21.1 Å². The molecule has 4 N–H and O–H groups in total. The molecular formula is C26H43N3O3. The van der Waals surface area contributed by atoms with Crippen molar-refractivity contribution in [3.63, 3.8) is 0 Å². The minimum atomic E-state index is -0.545. The summed E-state index contributed by atoms with van der Waals surface area (Å²) in [5.74, 6) is 0.359. The average Bonchev–Trinajstić information content (AvgIpc) is 2.72. The molecule has 0 bridgehead atoms. The number of ether oxygens (including phenoxy) is 1. The van der Waals surface area contributed by atoms with E-state index in [1.54, 1.807) is 0 Å². The number of benzene rings is 1. The Bertz CT molecular complexity index is 765. The van der Waals surface area contributed by atoms with Crippen LogP contribution >= 0.6 is 0 Å². The number of carbonyl (C=O) groups excluding carboxylic acids is 2. The van der Waals surface area contributed by atoms with E-state index in [2.05, 4.69) is 30.6 Å². The highest BCUT2D eigenvalue weighted by Gasteiger charge is 2.28. The van der Waals surface area contributed by atoms with E-state index in [0.717, 1.165) is 5.69 Å². The fraction of sp³-hybridized carbons (Fsp3) is 0.615. The normalized spacial score (nSPS) is 12.7. The first kappa shape index (κ1) is 27.9. The van der Waals surface area contributed by atoms with E-state index in [1.165, 1.54) is 11.1 Å². The van der Waals surface area contributed by atoms with Gasteiger partial charge in [0.25, 0.3) is 0 Å². The third-order valence-electron chi connectivity index (χ3n) is 5.63. The van der Waals surface area contributed by atoms with Gasteiger partial charge in [-0.1, -0.05) is 45.9 Å². The first-order valence-electron chi connectivity index (χ1n) is 11.6. The number of hydrogen-bond acceptors (Lipinski definition) is 4. The van der Waals surface area contributed by atoms with Crippen molar-refractivity contribution < 1.29 is 14.3 Å². The predicted octanol–water partition coefficient (Wildman–Crippen LogP) is 4.75. The molecule has 0 aliphatic heterocycles. The van der Waals surface area contributed by atoms with Gasteiger partial charge in [-0.25, -0.2) is 0 Å². The number of carbonyl (C=O) groups is 2. The Morgan fingerprint density at radius 3 is 2.28 bits per heavy atom. The van der Waals surface area contributed by atoms with E-state index in [0.29, 0.717) is 44.9 Å². The number of anilines is 1. The SMILES string of the molecule is C/C=C(/c1ccc(NC(=O)CCCNC(=O)C(C)(C)CCOC(C)(C)CN)cc1)C(C)C. The van der Waals surface area contributed by atoms with Crippen molar-refractivity contribution in [1.29, 1.82) is 0 Å². The molecule has 1 rings (SSSR count). The topological polar surface area (TPSA) is 93.5 Å². The lowest BCUT2D eigenvalue weighted by molar-refractivity contribution is -0.131. The van der Waals surface area contributed by atoms with Crippen LogP contribution in [0, 0.1) is 11.3 Å². The van der Waals surface area contributed by atoms with E-state index in [-0.39, 0.29) is 17.4 Å². The summed E-state index contributed by atoms with van der Waals surface area (Å²) in [4.78, 5) is 24.7. The number of nitrogens with one attached hydrogen (secondary N) is 2. The standard InChI is InChI=1S/C26H43N3O3/c1-8-22(19(2)3)20-11-13-21(14-12-20)29-23(30)10-9-16-28-24(31)25(4,5)15-17-32-26(6,7)18-27/h8,11-14,19H,9-10,15-18,27H2,1-7H3,(H,28,31)(H,29,30)/b22-8+. The second-order valence-electron chi connectivity index (χ2n) is 9.83. The van der Waals surface area contributed by atoms with Crippen LogP contribution in [0.25, 0.3) is 5.57 Å². The highest BCUT2D eigenvalue weighted by atomic mass is 16.5. The molecule has 2 amide bonds. The van der Waals surface area contributed by atoms with Crippen LogP contribution in [0.2, 0.25) is 0 Å². The van der Waals surface area contributed by atoms with E-state index < -0.39 is 5.41 Å². The van der Waals surface area contributed by atoms with Crippen molar-refractivity contribution in [1.82, 2.24) is 5.32 Å². The second kappa shape index (κ2) is 12.8. The van der Waals surface area contributed by atoms with E-state index in [9.17, 15) is 9.59 Å².